The molecule has 3 nitrogen and oxygen atoms in total. The van der Waals surface area contributed by atoms with Crippen molar-refractivity contribution in [2.24, 2.45) is 0 Å². The van der Waals surface area contributed by atoms with Crippen molar-refractivity contribution in [3.8, 4) is 5.75 Å². The summed E-state index contributed by atoms with van der Waals surface area (Å²) in [6.07, 6.45) is 1.28. The van der Waals surface area contributed by atoms with Gasteiger partial charge in [-0.3, -0.25) is 4.79 Å². The third kappa shape index (κ3) is 2.26. The van der Waals surface area contributed by atoms with Gasteiger partial charge in [0.2, 0.25) is 0 Å². The first-order chi connectivity index (χ1) is 7.11. The lowest BCUT2D eigenvalue weighted by atomic mass is 10.2. The maximum atomic E-state index is 13.2. The van der Waals surface area contributed by atoms with E-state index >= 15 is 0 Å². The van der Waals surface area contributed by atoms with E-state index in [1.54, 1.807) is 12.1 Å². The largest absolute Gasteiger partial charge is 0.484 e. The standard InChI is InChI=1S/C11H11FO3/c12-8-3-1-2-4-9(8)15-11(5-6-11)7-10(13)14/h1-4H,5-7H2,(H,13,14). The number of aliphatic carboxylic acids is 1. The van der Waals surface area contributed by atoms with Crippen LogP contribution in [0.4, 0.5) is 4.39 Å². The molecule has 0 aliphatic heterocycles. The van der Waals surface area contributed by atoms with E-state index in [1.165, 1.54) is 12.1 Å². The van der Waals surface area contributed by atoms with Crippen molar-refractivity contribution in [1.29, 1.82) is 0 Å². The Labute approximate surface area is 86.5 Å². The highest BCUT2D eigenvalue weighted by molar-refractivity contribution is 5.69. The van der Waals surface area contributed by atoms with Gasteiger partial charge in [0.1, 0.15) is 5.60 Å². The molecule has 0 unspecified atom stereocenters. The van der Waals surface area contributed by atoms with E-state index in [-0.39, 0.29) is 12.2 Å². The minimum Gasteiger partial charge on any atom is -0.484 e. The van der Waals surface area contributed by atoms with E-state index in [1.807, 2.05) is 0 Å². The molecule has 2 rings (SSSR count). The smallest absolute Gasteiger partial charge is 0.307 e. The van der Waals surface area contributed by atoms with Gasteiger partial charge in [0.05, 0.1) is 6.42 Å². The van der Waals surface area contributed by atoms with E-state index in [9.17, 15) is 9.18 Å². The average Bonchev–Trinajstić information content (AvgIpc) is 2.88. The van der Waals surface area contributed by atoms with E-state index in [4.69, 9.17) is 9.84 Å². The minimum absolute atomic E-state index is 0.0681. The molecule has 4 heteroatoms. The maximum absolute atomic E-state index is 13.2. The number of hydrogen-bond donors (Lipinski definition) is 1. The Bertz CT molecular complexity index is 385. The molecule has 0 amide bonds. The van der Waals surface area contributed by atoms with Gasteiger partial charge in [0.25, 0.3) is 0 Å². The van der Waals surface area contributed by atoms with E-state index in [0.29, 0.717) is 12.8 Å². The molecular formula is C11H11FO3. The molecule has 0 saturated heterocycles. The van der Waals surface area contributed by atoms with Crippen LogP contribution in [0.15, 0.2) is 24.3 Å². The number of carboxylic acids is 1. The molecule has 80 valence electrons. The molecule has 1 aliphatic rings. The predicted molar refractivity (Wildman–Crippen MR) is 51.2 cm³/mol. The summed E-state index contributed by atoms with van der Waals surface area (Å²) >= 11 is 0. The molecule has 0 radical (unpaired) electrons. The second kappa shape index (κ2) is 3.53. The van der Waals surface area contributed by atoms with Crippen molar-refractivity contribution in [1.82, 2.24) is 0 Å². The molecule has 0 spiro atoms. The molecule has 0 bridgehead atoms. The summed E-state index contributed by atoms with van der Waals surface area (Å²) in [6, 6.07) is 6.04. The lowest BCUT2D eigenvalue weighted by Gasteiger charge is -2.16. The van der Waals surface area contributed by atoms with Gasteiger partial charge in [-0.25, -0.2) is 4.39 Å². The van der Waals surface area contributed by atoms with Crippen LogP contribution in [0, 0.1) is 5.82 Å². The van der Waals surface area contributed by atoms with Crippen LogP contribution in [0.5, 0.6) is 5.75 Å². The highest BCUT2D eigenvalue weighted by atomic mass is 19.1. The fraction of sp³-hybridized carbons (Fsp3) is 0.364. The number of halogens is 1. The zero-order valence-corrected chi connectivity index (χ0v) is 8.07. The number of benzene rings is 1. The van der Waals surface area contributed by atoms with E-state index < -0.39 is 17.4 Å². The topological polar surface area (TPSA) is 46.5 Å². The Morgan fingerprint density at radius 3 is 2.67 bits per heavy atom. The Kier molecular flexibility index (Phi) is 2.34. The van der Waals surface area contributed by atoms with Gasteiger partial charge in [0, 0.05) is 0 Å². The van der Waals surface area contributed by atoms with Crippen LogP contribution in [0.2, 0.25) is 0 Å². The summed E-state index contributed by atoms with van der Waals surface area (Å²) in [6.45, 7) is 0. The van der Waals surface area contributed by atoms with Crippen LogP contribution in [-0.2, 0) is 4.79 Å². The highest BCUT2D eigenvalue weighted by Gasteiger charge is 2.47. The van der Waals surface area contributed by atoms with Crippen LogP contribution in [0.1, 0.15) is 19.3 Å². The molecule has 1 fully saturated rings. The van der Waals surface area contributed by atoms with Crippen molar-refractivity contribution in [2.45, 2.75) is 24.9 Å². The number of hydrogen-bond acceptors (Lipinski definition) is 2. The van der Waals surface area contributed by atoms with Crippen LogP contribution in [0.3, 0.4) is 0 Å². The Hall–Kier alpha value is -1.58. The van der Waals surface area contributed by atoms with Crippen LogP contribution in [0.25, 0.3) is 0 Å². The molecular weight excluding hydrogens is 199 g/mol. The highest BCUT2D eigenvalue weighted by Crippen LogP contribution is 2.43. The monoisotopic (exact) mass is 210 g/mol. The Balaban J connectivity index is 2.09. The molecule has 1 aromatic rings. The minimum atomic E-state index is -0.913. The maximum Gasteiger partial charge on any atom is 0.307 e. The lowest BCUT2D eigenvalue weighted by Crippen LogP contribution is -2.22. The molecule has 1 aliphatic carbocycles. The Morgan fingerprint density at radius 1 is 1.47 bits per heavy atom. The van der Waals surface area contributed by atoms with Crippen molar-refractivity contribution in [3.05, 3.63) is 30.1 Å². The summed E-state index contributed by atoms with van der Waals surface area (Å²) in [5.41, 5.74) is -0.673. The number of para-hydroxylation sites is 1. The normalized spacial score (nSPS) is 17.1. The zero-order chi connectivity index (χ0) is 10.9. The number of carboxylic acid groups (broad SMARTS) is 1. The quantitative estimate of drug-likeness (QED) is 0.828. The van der Waals surface area contributed by atoms with Gasteiger partial charge in [-0.1, -0.05) is 12.1 Å². The molecule has 0 heterocycles. The van der Waals surface area contributed by atoms with Crippen LogP contribution in [-0.4, -0.2) is 16.7 Å². The van der Waals surface area contributed by atoms with Crippen molar-refractivity contribution in [3.63, 3.8) is 0 Å². The van der Waals surface area contributed by atoms with Crippen molar-refractivity contribution >= 4 is 5.97 Å². The fourth-order valence-corrected chi connectivity index (χ4v) is 1.49. The van der Waals surface area contributed by atoms with Gasteiger partial charge in [-0.2, -0.15) is 0 Å². The first-order valence-electron chi connectivity index (χ1n) is 4.77. The first-order valence-corrected chi connectivity index (χ1v) is 4.77. The number of ether oxygens (including phenoxy) is 1. The predicted octanol–water partition coefficient (Wildman–Crippen LogP) is 2.21. The Morgan fingerprint density at radius 2 is 2.13 bits per heavy atom. The van der Waals surface area contributed by atoms with Crippen LogP contribution >= 0.6 is 0 Å². The second-order valence-corrected chi connectivity index (χ2v) is 3.79. The van der Waals surface area contributed by atoms with Gasteiger partial charge in [0.15, 0.2) is 11.6 Å². The van der Waals surface area contributed by atoms with E-state index in [2.05, 4.69) is 0 Å². The molecule has 1 saturated carbocycles. The molecule has 1 aromatic carbocycles. The average molecular weight is 210 g/mol. The molecule has 0 aromatic heterocycles. The third-order valence-corrected chi connectivity index (χ3v) is 2.44. The van der Waals surface area contributed by atoms with Crippen molar-refractivity contribution < 1.29 is 19.0 Å². The van der Waals surface area contributed by atoms with Gasteiger partial charge in [-0.05, 0) is 25.0 Å². The second-order valence-electron chi connectivity index (χ2n) is 3.79. The summed E-state index contributed by atoms with van der Waals surface area (Å²) in [5, 5.41) is 8.66. The van der Waals surface area contributed by atoms with Gasteiger partial charge >= 0.3 is 5.97 Å². The number of carbonyl (C=O) groups is 1. The summed E-state index contributed by atoms with van der Waals surface area (Å²) < 4.78 is 18.6. The van der Waals surface area contributed by atoms with Crippen molar-refractivity contribution in [2.75, 3.05) is 0 Å². The lowest BCUT2D eigenvalue weighted by molar-refractivity contribution is -0.139. The van der Waals surface area contributed by atoms with Gasteiger partial charge in [-0.15, -0.1) is 0 Å². The van der Waals surface area contributed by atoms with E-state index in [0.717, 1.165) is 0 Å². The zero-order valence-electron chi connectivity index (χ0n) is 8.07. The summed E-state index contributed by atoms with van der Waals surface area (Å²) in [7, 11) is 0. The third-order valence-electron chi connectivity index (χ3n) is 2.44. The molecule has 0 atom stereocenters. The first kappa shape index (κ1) is 9.96. The molecule has 1 N–H and O–H groups in total. The summed E-state index contributed by atoms with van der Waals surface area (Å²) in [4.78, 5) is 10.6. The van der Waals surface area contributed by atoms with Crippen LogP contribution < -0.4 is 4.74 Å². The molecule has 15 heavy (non-hydrogen) atoms. The fourth-order valence-electron chi connectivity index (χ4n) is 1.49. The van der Waals surface area contributed by atoms with Gasteiger partial charge < -0.3 is 9.84 Å². The number of rotatable bonds is 4. The SMILES string of the molecule is O=C(O)CC1(Oc2ccccc2F)CC1. The summed E-state index contributed by atoms with van der Waals surface area (Å²) in [5.74, 6) is -1.23.